The number of fused-ring (bicyclic) bond motifs is 1. The van der Waals surface area contributed by atoms with Crippen molar-refractivity contribution < 1.29 is 24.1 Å². The van der Waals surface area contributed by atoms with Crippen LogP contribution in [-0.4, -0.2) is 44.5 Å². The molecule has 1 heterocycles. The van der Waals surface area contributed by atoms with Crippen LogP contribution in [0.3, 0.4) is 0 Å². The molecule has 3 amide bonds. The molecule has 0 spiro atoms. The van der Waals surface area contributed by atoms with E-state index in [9.17, 15) is 29.3 Å². The van der Waals surface area contributed by atoms with Crippen LogP contribution in [0, 0.1) is 10.1 Å². The highest BCUT2D eigenvalue weighted by molar-refractivity contribution is 9.15. The SMILES string of the molecule is C[C@@H](C(=O)c1ccc(Cl)cc1)N(C(=O)c1ccc([N+](=O)[O-])cc1)N1C(=O)c2c(Br)c(Br)c(Br)c(Br)c2C1=O. The lowest BCUT2D eigenvalue weighted by Gasteiger charge is -2.34. The molecule has 38 heavy (non-hydrogen) atoms. The second-order valence-electron chi connectivity index (χ2n) is 7.93. The maximum Gasteiger partial charge on any atom is 0.282 e. The maximum absolute atomic E-state index is 13.8. The molecular weight excluding hydrogens is 781 g/mol. The van der Waals surface area contributed by atoms with E-state index < -0.39 is 34.5 Å². The van der Waals surface area contributed by atoms with Crippen LogP contribution in [0.25, 0.3) is 0 Å². The Labute approximate surface area is 253 Å². The standard InChI is InChI=1S/C24H12Br4ClN3O6/c1-10(21(33)11-2-6-13(29)7-3-11)30(22(34)12-4-8-14(9-5-12)32(37)38)31-23(35)15-16(24(31)36)18(26)20(28)19(27)17(15)25/h2-10H,1H3/t10-/m0/s1. The first-order valence-electron chi connectivity index (χ1n) is 10.5. The normalized spacial score (nSPS) is 13.4. The number of hydrazine groups is 1. The Bertz CT molecular complexity index is 1500. The Hall–Kier alpha value is -2.45. The molecule has 14 heteroatoms. The van der Waals surface area contributed by atoms with Gasteiger partial charge in [-0.3, -0.25) is 29.3 Å². The molecule has 0 saturated heterocycles. The van der Waals surface area contributed by atoms with E-state index in [-0.39, 0.29) is 36.9 Å². The summed E-state index contributed by atoms with van der Waals surface area (Å²) in [5.74, 6) is -3.17. The zero-order valence-corrected chi connectivity index (χ0v) is 26.0. The van der Waals surface area contributed by atoms with Crippen LogP contribution < -0.4 is 0 Å². The fourth-order valence-corrected chi connectivity index (χ4v) is 6.38. The van der Waals surface area contributed by atoms with Crippen LogP contribution in [0.5, 0.6) is 0 Å². The highest BCUT2D eigenvalue weighted by Gasteiger charge is 2.48. The summed E-state index contributed by atoms with van der Waals surface area (Å²) in [7, 11) is 0. The Kier molecular flexibility index (Phi) is 8.24. The Morgan fingerprint density at radius 1 is 0.842 bits per heavy atom. The molecule has 194 valence electrons. The second kappa shape index (κ2) is 11.0. The molecule has 4 rings (SSSR count). The van der Waals surface area contributed by atoms with Crippen LogP contribution in [0.4, 0.5) is 5.69 Å². The molecule has 0 bridgehead atoms. The number of hydrogen-bond donors (Lipinski definition) is 0. The first-order valence-corrected chi connectivity index (χ1v) is 14.0. The van der Waals surface area contributed by atoms with Crippen LogP contribution in [0.1, 0.15) is 48.4 Å². The third-order valence-corrected chi connectivity index (χ3v) is 10.7. The predicted octanol–water partition coefficient (Wildman–Crippen LogP) is 7.22. The molecule has 3 aromatic rings. The van der Waals surface area contributed by atoms with E-state index in [0.717, 1.165) is 17.1 Å². The minimum atomic E-state index is -1.34. The number of rotatable bonds is 6. The molecule has 0 fully saturated rings. The van der Waals surface area contributed by atoms with Crippen molar-refractivity contribution in [1.82, 2.24) is 10.0 Å². The van der Waals surface area contributed by atoms with E-state index >= 15 is 0 Å². The van der Waals surface area contributed by atoms with Crippen molar-refractivity contribution in [2.45, 2.75) is 13.0 Å². The fourth-order valence-electron chi connectivity index (χ4n) is 3.80. The van der Waals surface area contributed by atoms with Gasteiger partial charge in [-0.15, -0.1) is 0 Å². The van der Waals surface area contributed by atoms with Gasteiger partial charge in [0.05, 0.1) is 16.1 Å². The van der Waals surface area contributed by atoms with Gasteiger partial charge in [0.2, 0.25) is 0 Å². The molecule has 1 atom stereocenters. The van der Waals surface area contributed by atoms with Gasteiger partial charge in [-0.1, -0.05) is 11.6 Å². The van der Waals surface area contributed by atoms with Gasteiger partial charge in [-0.2, -0.15) is 5.01 Å². The minimum absolute atomic E-state index is 0.0235. The molecule has 1 aliphatic heterocycles. The first-order chi connectivity index (χ1) is 17.9. The van der Waals surface area contributed by atoms with Gasteiger partial charge >= 0.3 is 0 Å². The number of amides is 3. The van der Waals surface area contributed by atoms with Crippen molar-refractivity contribution in [3.05, 3.63) is 104 Å². The number of carbonyl (C=O) groups excluding carboxylic acids is 4. The highest BCUT2D eigenvalue weighted by Crippen LogP contribution is 2.46. The van der Waals surface area contributed by atoms with Crippen LogP contribution in [0.2, 0.25) is 5.02 Å². The van der Waals surface area contributed by atoms with Gasteiger partial charge in [0.25, 0.3) is 23.4 Å². The number of nitro groups is 1. The van der Waals surface area contributed by atoms with Gasteiger partial charge in [0.1, 0.15) is 6.04 Å². The highest BCUT2D eigenvalue weighted by atomic mass is 79.9. The summed E-state index contributed by atoms with van der Waals surface area (Å²) in [6, 6.07) is 9.16. The number of nitrogens with zero attached hydrogens (tertiary/aromatic N) is 3. The molecule has 9 nitrogen and oxygen atoms in total. The van der Waals surface area contributed by atoms with E-state index in [1.54, 1.807) is 0 Å². The number of ketones is 1. The summed E-state index contributed by atoms with van der Waals surface area (Å²) < 4.78 is 1.43. The summed E-state index contributed by atoms with van der Waals surface area (Å²) in [5.41, 5.74) is -0.202. The van der Waals surface area contributed by atoms with Crippen molar-refractivity contribution >= 4 is 105 Å². The van der Waals surface area contributed by atoms with E-state index in [2.05, 4.69) is 63.7 Å². The Balaban J connectivity index is 1.86. The molecule has 0 saturated carbocycles. The van der Waals surface area contributed by atoms with Crippen molar-refractivity contribution in [3.8, 4) is 0 Å². The van der Waals surface area contributed by atoms with Gasteiger partial charge in [-0.25, -0.2) is 5.01 Å². The quantitative estimate of drug-likeness (QED) is 0.0650. The number of Topliss-reactive ketones (excluding diaryl/α,β-unsaturated/α-hetero) is 1. The fraction of sp³-hybridized carbons (Fsp3) is 0.0833. The van der Waals surface area contributed by atoms with Crippen LogP contribution in [0.15, 0.2) is 66.4 Å². The van der Waals surface area contributed by atoms with Crippen LogP contribution >= 0.6 is 75.3 Å². The Morgan fingerprint density at radius 3 is 1.74 bits per heavy atom. The van der Waals surface area contributed by atoms with Gasteiger partial charge in [0.15, 0.2) is 5.78 Å². The first kappa shape index (κ1) is 28.6. The van der Waals surface area contributed by atoms with E-state index in [1.807, 2.05) is 0 Å². The average molecular weight is 793 g/mol. The molecule has 3 aromatic carbocycles. The molecule has 0 radical (unpaired) electrons. The molecular formula is C24H12Br4ClN3O6. The largest absolute Gasteiger partial charge is 0.292 e. The molecule has 1 aliphatic rings. The third-order valence-electron chi connectivity index (χ3n) is 5.70. The number of non-ortho nitro benzene ring substituents is 1. The smallest absolute Gasteiger partial charge is 0.282 e. The topological polar surface area (TPSA) is 118 Å². The zero-order valence-electron chi connectivity index (χ0n) is 18.9. The van der Waals surface area contributed by atoms with Crippen molar-refractivity contribution in [1.29, 1.82) is 0 Å². The zero-order chi connectivity index (χ0) is 28.0. The molecule has 0 aliphatic carbocycles. The van der Waals surface area contributed by atoms with E-state index in [0.29, 0.717) is 19.0 Å². The van der Waals surface area contributed by atoms with Crippen molar-refractivity contribution in [2.75, 3.05) is 0 Å². The molecule has 0 unspecified atom stereocenters. The van der Waals surface area contributed by atoms with E-state index in [1.165, 1.54) is 43.3 Å². The minimum Gasteiger partial charge on any atom is -0.292 e. The van der Waals surface area contributed by atoms with Crippen molar-refractivity contribution in [2.24, 2.45) is 0 Å². The van der Waals surface area contributed by atoms with E-state index in [4.69, 9.17) is 11.6 Å². The second-order valence-corrected chi connectivity index (χ2v) is 11.5. The lowest BCUT2D eigenvalue weighted by Crippen LogP contribution is -2.56. The number of halogens is 5. The number of carbonyl (C=O) groups is 4. The predicted molar refractivity (Wildman–Crippen MR) is 152 cm³/mol. The van der Waals surface area contributed by atoms with Gasteiger partial charge < -0.3 is 0 Å². The lowest BCUT2D eigenvalue weighted by atomic mass is 10.0. The third kappa shape index (κ3) is 4.86. The number of benzene rings is 3. The summed E-state index contributed by atoms with van der Waals surface area (Å²) in [6.07, 6.45) is 0. The van der Waals surface area contributed by atoms with Gasteiger partial charge in [-0.05, 0) is 107 Å². The van der Waals surface area contributed by atoms with Gasteiger partial charge in [0, 0.05) is 46.2 Å². The monoisotopic (exact) mass is 789 g/mol. The lowest BCUT2D eigenvalue weighted by molar-refractivity contribution is -0.384. The number of nitro benzene ring substituents is 1. The number of imide groups is 1. The average Bonchev–Trinajstić information content (AvgIpc) is 3.16. The van der Waals surface area contributed by atoms with Crippen LogP contribution in [-0.2, 0) is 0 Å². The summed E-state index contributed by atoms with van der Waals surface area (Å²) >= 11 is 19.3. The summed E-state index contributed by atoms with van der Waals surface area (Å²) in [6.45, 7) is 1.37. The number of hydrogen-bond acceptors (Lipinski definition) is 6. The Morgan fingerprint density at radius 2 is 1.29 bits per heavy atom. The maximum atomic E-state index is 13.8. The molecule has 0 N–H and O–H groups in total. The molecule has 0 aromatic heterocycles. The van der Waals surface area contributed by atoms with Crippen molar-refractivity contribution in [3.63, 3.8) is 0 Å². The summed E-state index contributed by atoms with van der Waals surface area (Å²) in [5, 5.41) is 12.8. The summed E-state index contributed by atoms with van der Waals surface area (Å²) in [4.78, 5) is 65.0.